The first kappa shape index (κ1) is 13.4. The Morgan fingerprint density at radius 2 is 2.16 bits per heavy atom. The second kappa shape index (κ2) is 5.31. The van der Waals surface area contributed by atoms with Gasteiger partial charge in [-0.3, -0.25) is 4.79 Å². The minimum absolute atomic E-state index is 0.0592. The fourth-order valence-corrected chi connectivity index (χ4v) is 2.79. The highest BCUT2D eigenvalue weighted by Gasteiger charge is 2.39. The first-order chi connectivity index (χ1) is 9.11. The quantitative estimate of drug-likeness (QED) is 0.817. The van der Waals surface area contributed by atoms with Crippen LogP contribution in [-0.4, -0.2) is 5.91 Å². The van der Waals surface area contributed by atoms with Gasteiger partial charge in [-0.2, -0.15) is 5.26 Å². The number of amides is 1. The molecule has 1 aromatic rings. The maximum atomic E-state index is 12.4. The topological polar surface area (TPSA) is 78.9 Å². The molecule has 2 rings (SSSR count). The van der Waals surface area contributed by atoms with Crippen molar-refractivity contribution < 1.29 is 4.79 Å². The highest BCUT2D eigenvalue weighted by molar-refractivity contribution is 5.98. The van der Waals surface area contributed by atoms with Gasteiger partial charge in [0.2, 0.25) is 5.91 Å². The van der Waals surface area contributed by atoms with Crippen LogP contribution in [0, 0.1) is 16.7 Å². The van der Waals surface area contributed by atoms with Gasteiger partial charge >= 0.3 is 0 Å². The van der Waals surface area contributed by atoms with Crippen molar-refractivity contribution in [2.75, 3.05) is 11.1 Å². The summed E-state index contributed by atoms with van der Waals surface area (Å²) >= 11 is 0. The SMILES string of the molecule is CCC1(C(=O)Nc2ccc(C#N)cc2N)CCCC1. The van der Waals surface area contributed by atoms with E-state index in [1.165, 1.54) is 0 Å². The zero-order valence-electron chi connectivity index (χ0n) is 11.2. The van der Waals surface area contributed by atoms with Gasteiger partial charge in [-0.15, -0.1) is 0 Å². The summed E-state index contributed by atoms with van der Waals surface area (Å²) in [6.45, 7) is 2.06. The molecule has 1 aromatic carbocycles. The van der Waals surface area contributed by atoms with Crippen molar-refractivity contribution in [3.05, 3.63) is 23.8 Å². The lowest BCUT2D eigenvalue weighted by Crippen LogP contribution is -2.33. The number of nitrogens with one attached hydrogen (secondary N) is 1. The second-order valence-corrected chi connectivity index (χ2v) is 5.21. The van der Waals surface area contributed by atoms with Gasteiger partial charge in [0.1, 0.15) is 0 Å². The van der Waals surface area contributed by atoms with E-state index in [1.807, 2.05) is 6.07 Å². The molecule has 0 aliphatic heterocycles. The smallest absolute Gasteiger partial charge is 0.230 e. The van der Waals surface area contributed by atoms with E-state index in [1.54, 1.807) is 18.2 Å². The molecular formula is C15H19N3O. The first-order valence-electron chi connectivity index (χ1n) is 6.72. The molecule has 0 unspecified atom stereocenters. The average molecular weight is 257 g/mol. The van der Waals surface area contributed by atoms with Gasteiger partial charge < -0.3 is 11.1 Å². The number of nitriles is 1. The molecular weight excluding hydrogens is 238 g/mol. The number of carbonyl (C=O) groups is 1. The molecule has 1 saturated carbocycles. The van der Waals surface area contributed by atoms with Crippen molar-refractivity contribution in [2.45, 2.75) is 39.0 Å². The summed E-state index contributed by atoms with van der Waals surface area (Å²) in [7, 11) is 0. The Balaban J connectivity index is 2.17. The van der Waals surface area contributed by atoms with Gasteiger partial charge in [-0.05, 0) is 37.5 Å². The van der Waals surface area contributed by atoms with E-state index >= 15 is 0 Å². The molecule has 0 radical (unpaired) electrons. The van der Waals surface area contributed by atoms with Crippen molar-refractivity contribution in [1.82, 2.24) is 0 Å². The third-order valence-corrected chi connectivity index (χ3v) is 4.15. The number of benzene rings is 1. The normalized spacial score (nSPS) is 16.8. The van der Waals surface area contributed by atoms with Crippen LogP contribution in [-0.2, 0) is 4.79 Å². The monoisotopic (exact) mass is 257 g/mol. The molecule has 19 heavy (non-hydrogen) atoms. The van der Waals surface area contributed by atoms with E-state index in [0.717, 1.165) is 32.1 Å². The van der Waals surface area contributed by atoms with Crippen LogP contribution in [0.15, 0.2) is 18.2 Å². The van der Waals surface area contributed by atoms with Crippen LogP contribution in [0.5, 0.6) is 0 Å². The van der Waals surface area contributed by atoms with Crippen LogP contribution < -0.4 is 11.1 Å². The summed E-state index contributed by atoms with van der Waals surface area (Å²) in [5.41, 5.74) is 7.17. The lowest BCUT2D eigenvalue weighted by Gasteiger charge is -2.26. The molecule has 100 valence electrons. The lowest BCUT2D eigenvalue weighted by molar-refractivity contribution is -0.125. The lowest BCUT2D eigenvalue weighted by atomic mass is 9.82. The fraction of sp³-hybridized carbons (Fsp3) is 0.467. The number of nitrogens with two attached hydrogens (primary N) is 1. The van der Waals surface area contributed by atoms with Crippen molar-refractivity contribution >= 4 is 17.3 Å². The minimum atomic E-state index is -0.236. The summed E-state index contributed by atoms with van der Waals surface area (Å²) in [5.74, 6) is 0.0592. The van der Waals surface area contributed by atoms with Gasteiger partial charge in [-0.1, -0.05) is 19.8 Å². The van der Waals surface area contributed by atoms with Crippen molar-refractivity contribution in [3.8, 4) is 6.07 Å². The van der Waals surface area contributed by atoms with Crippen LogP contribution in [0.4, 0.5) is 11.4 Å². The number of carbonyl (C=O) groups excluding carboxylic acids is 1. The van der Waals surface area contributed by atoms with Crippen LogP contribution in [0.1, 0.15) is 44.6 Å². The zero-order valence-corrected chi connectivity index (χ0v) is 11.2. The third kappa shape index (κ3) is 2.55. The Labute approximate surface area is 113 Å². The molecule has 0 atom stereocenters. The number of rotatable bonds is 3. The van der Waals surface area contributed by atoms with Gasteiger partial charge in [0, 0.05) is 5.41 Å². The molecule has 0 saturated heterocycles. The van der Waals surface area contributed by atoms with E-state index in [-0.39, 0.29) is 11.3 Å². The molecule has 3 N–H and O–H groups in total. The predicted molar refractivity (Wildman–Crippen MR) is 75.4 cm³/mol. The van der Waals surface area contributed by atoms with Crippen LogP contribution in [0.3, 0.4) is 0 Å². The van der Waals surface area contributed by atoms with Crippen LogP contribution >= 0.6 is 0 Å². The van der Waals surface area contributed by atoms with E-state index < -0.39 is 0 Å². The Morgan fingerprint density at radius 1 is 1.47 bits per heavy atom. The van der Waals surface area contributed by atoms with E-state index in [4.69, 9.17) is 11.0 Å². The van der Waals surface area contributed by atoms with Crippen molar-refractivity contribution in [3.63, 3.8) is 0 Å². The molecule has 4 nitrogen and oxygen atoms in total. The van der Waals surface area contributed by atoms with Crippen LogP contribution in [0.2, 0.25) is 0 Å². The summed E-state index contributed by atoms with van der Waals surface area (Å²) in [6.07, 6.45) is 4.99. The van der Waals surface area contributed by atoms with Gasteiger partial charge in [0.05, 0.1) is 23.0 Å². The van der Waals surface area contributed by atoms with Gasteiger partial charge in [0.25, 0.3) is 0 Å². The predicted octanol–water partition coefficient (Wildman–Crippen LogP) is 3.05. The molecule has 1 aliphatic rings. The molecule has 0 spiro atoms. The number of nitrogen functional groups attached to an aromatic ring is 1. The average Bonchev–Trinajstić information content (AvgIpc) is 2.91. The molecule has 4 heteroatoms. The Bertz CT molecular complexity index is 525. The van der Waals surface area contributed by atoms with Crippen LogP contribution in [0.25, 0.3) is 0 Å². The highest BCUT2D eigenvalue weighted by Crippen LogP contribution is 2.42. The van der Waals surface area contributed by atoms with E-state index in [0.29, 0.717) is 16.9 Å². The summed E-state index contributed by atoms with van der Waals surface area (Å²) < 4.78 is 0. The zero-order chi connectivity index (χ0) is 13.9. The number of hydrogen-bond acceptors (Lipinski definition) is 3. The van der Waals surface area contributed by atoms with E-state index in [9.17, 15) is 4.79 Å². The Hall–Kier alpha value is -2.02. The maximum absolute atomic E-state index is 12.4. The molecule has 0 heterocycles. The Morgan fingerprint density at radius 3 is 2.68 bits per heavy atom. The maximum Gasteiger partial charge on any atom is 0.230 e. The molecule has 0 bridgehead atoms. The number of nitrogens with zero attached hydrogens (tertiary/aromatic N) is 1. The Kier molecular flexibility index (Phi) is 3.75. The standard InChI is InChI=1S/C15H19N3O/c1-2-15(7-3-4-8-15)14(19)18-13-6-5-11(10-16)9-12(13)17/h5-6,9H,2-4,7-8,17H2,1H3,(H,18,19). The van der Waals surface area contributed by atoms with Crippen molar-refractivity contribution in [2.24, 2.45) is 5.41 Å². The van der Waals surface area contributed by atoms with Gasteiger partial charge in [0.15, 0.2) is 0 Å². The molecule has 1 fully saturated rings. The summed E-state index contributed by atoms with van der Waals surface area (Å²) in [4.78, 5) is 12.4. The molecule has 0 aromatic heterocycles. The summed E-state index contributed by atoms with van der Waals surface area (Å²) in [6, 6.07) is 6.98. The largest absolute Gasteiger partial charge is 0.397 e. The van der Waals surface area contributed by atoms with Crippen molar-refractivity contribution in [1.29, 1.82) is 5.26 Å². The van der Waals surface area contributed by atoms with Gasteiger partial charge in [-0.25, -0.2) is 0 Å². The number of hydrogen-bond donors (Lipinski definition) is 2. The number of anilines is 2. The molecule has 1 aliphatic carbocycles. The first-order valence-corrected chi connectivity index (χ1v) is 6.72. The molecule has 1 amide bonds. The summed E-state index contributed by atoms with van der Waals surface area (Å²) in [5, 5.41) is 11.7. The highest BCUT2D eigenvalue weighted by atomic mass is 16.2. The third-order valence-electron chi connectivity index (χ3n) is 4.15. The van der Waals surface area contributed by atoms with E-state index in [2.05, 4.69) is 12.2 Å². The second-order valence-electron chi connectivity index (χ2n) is 5.21. The fourth-order valence-electron chi connectivity index (χ4n) is 2.79. The minimum Gasteiger partial charge on any atom is -0.397 e.